The van der Waals surface area contributed by atoms with E-state index in [1.807, 2.05) is 37.3 Å². The monoisotopic (exact) mass is 404 g/mol. The number of nitrogens with zero attached hydrogens (tertiary/aromatic N) is 2. The van der Waals surface area contributed by atoms with Crippen LogP contribution in [0.3, 0.4) is 0 Å². The zero-order chi connectivity index (χ0) is 21.2. The van der Waals surface area contributed by atoms with E-state index in [9.17, 15) is 13.6 Å². The van der Waals surface area contributed by atoms with E-state index in [1.165, 1.54) is 11.0 Å². The topological polar surface area (TPSA) is 66.0 Å². The van der Waals surface area contributed by atoms with Crippen LogP contribution in [0.5, 0.6) is 5.75 Å². The van der Waals surface area contributed by atoms with Gasteiger partial charge in [0.1, 0.15) is 5.75 Å². The van der Waals surface area contributed by atoms with Gasteiger partial charge in [0, 0.05) is 19.7 Å². The van der Waals surface area contributed by atoms with Gasteiger partial charge in [-0.15, -0.1) is 0 Å². The van der Waals surface area contributed by atoms with Crippen molar-refractivity contribution in [1.82, 2.24) is 15.5 Å². The third kappa shape index (κ3) is 7.40. The third-order valence-corrected chi connectivity index (χ3v) is 4.15. The molecule has 2 rings (SSSR count). The summed E-state index contributed by atoms with van der Waals surface area (Å²) in [5.41, 5.74) is 1.56. The molecule has 0 heterocycles. The fraction of sp³-hybridized carbons (Fsp3) is 0.333. The van der Waals surface area contributed by atoms with Crippen molar-refractivity contribution in [3.05, 3.63) is 65.7 Å². The molecule has 2 aromatic rings. The van der Waals surface area contributed by atoms with Gasteiger partial charge in [-0.2, -0.15) is 8.78 Å². The Balaban J connectivity index is 2.16. The zero-order valence-corrected chi connectivity index (χ0v) is 16.7. The molecule has 0 bridgehead atoms. The SMILES string of the molecule is CC(NC(=NCc1ccccc1OC(F)F)NCC(=O)N(C)C)c1ccccc1. The Morgan fingerprint density at radius 3 is 2.41 bits per heavy atom. The molecule has 0 saturated carbocycles. The molecule has 6 nitrogen and oxygen atoms in total. The highest BCUT2D eigenvalue weighted by molar-refractivity contribution is 5.86. The Labute approximate surface area is 169 Å². The highest BCUT2D eigenvalue weighted by Gasteiger charge is 2.12. The van der Waals surface area contributed by atoms with Crippen LogP contribution in [-0.2, 0) is 11.3 Å². The lowest BCUT2D eigenvalue weighted by Gasteiger charge is -2.20. The molecule has 2 aromatic carbocycles. The minimum absolute atomic E-state index is 0.0511. The number of hydrogen-bond acceptors (Lipinski definition) is 3. The Morgan fingerprint density at radius 2 is 1.76 bits per heavy atom. The van der Waals surface area contributed by atoms with Crippen LogP contribution < -0.4 is 15.4 Å². The molecule has 0 aliphatic carbocycles. The summed E-state index contributed by atoms with van der Waals surface area (Å²) in [7, 11) is 3.33. The van der Waals surface area contributed by atoms with Crippen LogP contribution in [-0.4, -0.2) is 44.0 Å². The van der Waals surface area contributed by atoms with Crippen molar-refractivity contribution in [3.63, 3.8) is 0 Å². The number of para-hydroxylation sites is 1. The van der Waals surface area contributed by atoms with Crippen LogP contribution in [0.15, 0.2) is 59.6 Å². The minimum Gasteiger partial charge on any atom is -0.434 e. The zero-order valence-electron chi connectivity index (χ0n) is 16.7. The first-order chi connectivity index (χ1) is 13.9. The number of benzene rings is 2. The van der Waals surface area contributed by atoms with Gasteiger partial charge in [0.15, 0.2) is 5.96 Å². The molecule has 0 aliphatic rings. The summed E-state index contributed by atoms with van der Waals surface area (Å²) >= 11 is 0. The van der Waals surface area contributed by atoms with E-state index in [-0.39, 0.29) is 30.8 Å². The van der Waals surface area contributed by atoms with E-state index < -0.39 is 6.61 Å². The van der Waals surface area contributed by atoms with Crippen molar-refractivity contribution >= 4 is 11.9 Å². The number of guanidine groups is 1. The second-order valence-electron chi connectivity index (χ2n) is 6.57. The lowest BCUT2D eigenvalue weighted by molar-refractivity contribution is -0.127. The van der Waals surface area contributed by atoms with Gasteiger partial charge < -0.3 is 20.3 Å². The largest absolute Gasteiger partial charge is 0.434 e. The summed E-state index contributed by atoms with van der Waals surface area (Å²) in [5, 5.41) is 6.23. The number of nitrogens with one attached hydrogen (secondary N) is 2. The predicted octanol–water partition coefficient (Wildman–Crippen LogP) is 3.17. The van der Waals surface area contributed by atoms with E-state index in [1.54, 1.807) is 32.3 Å². The number of carbonyl (C=O) groups excluding carboxylic acids is 1. The van der Waals surface area contributed by atoms with Gasteiger partial charge in [-0.3, -0.25) is 4.79 Å². The van der Waals surface area contributed by atoms with Crippen LogP contribution >= 0.6 is 0 Å². The molecule has 1 atom stereocenters. The van der Waals surface area contributed by atoms with Crippen LogP contribution in [0.2, 0.25) is 0 Å². The Bertz CT molecular complexity index is 813. The summed E-state index contributed by atoms with van der Waals surface area (Å²) < 4.78 is 29.8. The van der Waals surface area contributed by atoms with Crippen molar-refractivity contribution in [3.8, 4) is 5.75 Å². The molecule has 29 heavy (non-hydrogen) atoms. The van der Waals surface area contributed by atoms with E-state index >= 15 is 0 Å². The van der Waals surface area contributed by atoms with Gasteiger partial charge >= 0.3 is 6.61 Å². The molecule has 0 aromatic heterocycles. The number of hydrogen-bond donors (Lipinski definition) is 2. The van der Waals surface area contributed by atoms with E-state index in [0.29, 0.717) is 11.5 Å². The maximum absolute atomic E-state index is 12.6. The van der Waals surface area contributed by atoms with Crippen LogP contribution in [0, 0.1) is 0 Å². The Kier molecular flexibility index (Phi) is 8.39. The molecular weight excluding hydrogens is 378 g/mol. The number of carbonyl (C=O) groups is 1. The maximum atomic E-state index is 12.6. The predicted molar refractivity (Wildman–Crippen MR) is 109 cm³/mol. The molecule has 0 aliphatic heterocycles. The summed E-state index contributed by atoms with van der Waals surface area (Å²) in [6, 6.07) is 16.2. The van der Waals surface area contributed by atoms with Gasteiger partial charge in [0.25, 0.3) is 0 Å². The summed E-state index contributed by atoms with van der Waals surface area (Å²) in [5.74, 6) is 0.350. The highest BCUT2D eigenvalue weighted by atomic mass is 19.3. The molecule has 2 N–H and O–H groups in total. The van der Waals surface area contributed by atoms with Crippen molar-refractivity contribution in [1.29, 1.82) is 0 Å². The lowest BCUT2D eigenvalue weighted by atomic mass is 10.1. The minimum atomic E-state index is -2.91. The first kappa shape index (κ1) is 22.1. The molecule has 0 spiro atoms. The van der Waals surface area contributed by atoms with Crippen molar-refractivity contribution < 1.29 is 18.3 Å². The Morgan fingerprint density at radius 1 is 1.10 bits per heavy atom. The molecule has 1 amide bonds. The molecular formula is C21H26F2N4O2. The molecule has 0 fully saturated rings. The first-order valence-electron chi connectivity index (χ1n) is 9.19. The molecule has 1 unspecified atom stereocenters. The van der Waals surface area contributed by atoms with Crippen molar-refractivity contribution in [2.75, 3.05) is 20.6 Å². The summed E-state index contributed by atoms with van der Waals surface area (Å²) in [4.78, 5) is 17.9. The smallest absolute Gasteiger partial charge is 0.387 e. The Hall–Kier alpha value is -3.16. The number of alkyl halides is 2. The third-order valence-electron chi connectivity index (χ3n) is 4.15. The summed E-state index contributed by atoms with van der Waals surface area (Å²) in [6.07, 6.45) is 0. The fourth-order valence-corrected chi connectivity index (χ4v) is 2.51. The molecule has 8 heteroatoms. The van der Waals surface area contributed by atoms with Gasteiger partial charge in [-0.05, 0) is 18.6 Å². The molecule has 0 saturated heterocycles. The summed E-state index contributed by atoms with van der Waals surface area (Å²) in [6.45, 7) is -0.786. The molecule has 0 radical (unpaired) electrons. The second-order valence-corrected chi connectivity index (χ2v) is 6.57. The maximum Gasteiger partial charge on any atom is 0.387 e. The number of amides is 1. The standard InChI is InChI=1S/C21H26F2N4O2/c1-15(16-9-5-4-6-10-16)26-21(25-14-19(28)27(2)3)24-13-17-11-7-8-12-18(17)29-20(22)23/h4-12,15,20H,13-14H2,1-3H3,(H2,24,25,26). The molecule has 156 valence electrons. The van der Waals surface area contributed by atoms with Gasteiger partial charge in [-0.1, -0.05) is 48.5 Å². The van der Waals surface area contributed by atoms with Crippen molar-refractivity contribution in [2.45, 2.75) is 26.1 Å². The second kappa shape index (κ2) is 11.0. The number of halogens is 2. The average Bonchev–Trinajstić information content (AvgIpc) is 2.70. The number of likely N-dealkylation sites (N-methyl/N-ethyl adjacent to an activating group) is 1. The van der Waals surface area contributed by atoms with E-state index in [2.05, 4.69) is 20.4 Å². The first-order valence-corrected chi connectivity index (χ1v) is 9.19. The van der Waals surface area contributed by atoms with Gasteiger partial charge in [0.2, 0.25) is 5.91 Å². The van der Waals surface area contributed by atoms with E-state index in [4.69, 9.17) is 0 Å². The normalized spacial score (nSPS) is 12.4. The number of aliphatic imine (C=N–C) groups is 1. The number of rotatable bonds is 8. The number of ether oxygens (including phenoxy) is 1. The lowest BCUT2D eigenvalue weighted by Crippen LogP contribution is -2.43. The van der Waals surface area contributed by atoms with Gasteiger partial charge in [-0.25, -0.2) is 4.99 Å². The van der Waals surface area contributed by atoms with E-state index in [0.717, 1.165) is 5.56 Å². The highest BCUT2D eigenvalue weighted by Crippen LogP contribution is 2.21. The average molecular weight is 404 g/mol. The van der Waals surface area contributed by atoms with Crippen LogP contribution in [0.1, 0.15) is 24.1 Å². The quantitative estimate of drug-likeness (QED) is 0.524. The van der Waals surface area contributed by atoms with Crippen LogP contribution in [0.25, 0.3) is 0 Å². The van der Waals surface area contributed by atoms with Gasteiger partial charge in [0.05, 0.1) is 19.1 Å². The van der Waals surface area contributed by atoms with Crippen molar-refractivity contribution in [2.24, 2.45) is 4.99 Å². The van der Waals surface area contributed by atoms with Crippen LogP contribution in [0.4, 0.5) is 8.78 Å². The fourth-order valence-electron chi connectivity index (χ4n) is 2.51.